The number of hydrogen-bond donors (Lipinski definition) is 2. The predicted octanol–water partition coefficient (Wildman–Crippen LogP) is 3.12. The molecule has 0 saturated carbocycles. The highest BCUT2D eigenvalue weighted by atomic mass is 16.1. The lowest BCUT2D eigenvalue weighted by atomic mass is 10.2. The van der Waals surface area contributed by atoms with Gasteiger partial charge in [-0.05, 0) is 55.3 Å². The molecule has 1 aliphatic rings. The fourth-order valence-electron chi connectivity index (χ4n) is 2.59. The topological polar surface area (TPSA) is 58.4 Å². The second-order valence-electron chi connectivity index (χ2n) is 5.32. The maximum Gasteiger partial charge on any atom is 0.255 e. The molecule has 0 radical (unpaired) electrons. The minimum Gasteiger partial charge on any atom is -0.399 e. The van der Waals surface area contributed by atoms with Gasteiger partial charge in [-0.15, -0.1) is 0 Å². The van der Waals surface area contributed by atoms with Gasteiger partial charge in [0.1, 0.15) is 0 Å². The monoisotopic (exact) mass is 281 g/mol. The normalized spacial score (nSPS) is 14.2. The highest BCUT2D eigenvalue weighted by molar-refractivity contribution is 6.04. The Labute approximate surface area is 124 Å². The largest absolute Gasteiger partial charge is 0.399 e. The average Bonchev–Trinajstić information content (AvgIpc) is 3.02. The third kappa shape index (κ3) is 3.16. The van der Waals surface area contributed by atoms with Gasteiger partial charge in [-0.25, -0.2) is 0 Å². The Morgan fingerprint density at radius 2 is 1.76 bits per heavy atom. The van der Waals surface area contributed by atoms with Crippen LogP contribution in [0.3, 0.4) is 0 Å². The molecule has 21 heavy (non-hydrogen) atoms. The molecule has 0 atom stereocenters. The summed E-state index contributed by atoms with van der Waals surface area (Å²) in [7, 11) is 0. The van der Waals surface area contributed by atoms with Crippen LogP contribution in [-0.4, -0.2) is 19.0 Å². The molecule has 0 aliphatic carbocycles. The lowest BCUT2D eigenvalue weighted by Gasteiger charge is -2.18. The van der Waals surface area contributed by atoms with E-state index in [1.165, 1.54) is 18.5 Å². The molecule has 1 heterocycles. The van der Waals surface area contributed by atoms with Crippen LogP contribution in [0, 0.1) is 0 Å². The molecule has 1 fully saturated rings. The molecule has 3 N–H and O–H groups in total. The number of rotatable bonds is 3. The highest BCUT2D eigenvalue weighted by Crippen LogP contribution is 2.23. The zero-order chi connectivity index (χ0) is 14.7. The summed E-state index contributed by atoms with van der Waals surface area (Å²) in [6.07, 6.45) is 2.48. The van der Waals surface area contributed by atoms with Crippen molar-refractivity contribution >= 4 is 23.0 Å². The van der Waals surface area contributed by atoms with Crippen molar-refractivity contribution < 1.29 is 4.79 Å². The summed E-state index contributed by atoms with van der Waals surface area (Å²) in [5.41, 5.74) is 8.88. The highest BCUT2D eigenvalue weighted by Gasteiger charge is 2.13. The van der Waals surface area contributed by atoms with Crippen molar-refractivity contribution in [1.82, 2.24) is 0 Å². The lowest BCUT2D eigenvalue weighted by Crippen LogP contribution is -2.18. The van der Waals surface area contributed by atoms with Gasteiger partial charge < -0.3 is 16.0 Å². The second kappa shape index (κ2) is 5.87. The molecule has 1 saturated heterocycles. The Morgan fingerprint density at radius 3 is 2.48 bits per heavy atom. The van der Waals surface area contributed by atoms with Gasteiger partial charge in [0, 0.05) is 35.7 Å². The van der Waals surface area contributed by atoms with Crippen LogP contribution in [0.1, 0.15) is 23.2 Å². The van der Waals surface area contributed by atoms with Crippen molar-refractivity contribution in [3.63, 3.8) is 0 Å². The third-order valence-electron chi connectivity index (χ3n) is 3.75. The lowest BCUT2D eigenvalue weighted by molar-refractivity contribution is 0.102. The Hall–Kier alpha value is -2.49. The van der Waals surface area contributed by atoms with Crippen molar-refractivity contribution in [2.75, 3.05) is 29.0 Å². The van der Waals surface area contributed by atoms with E-state index in [1.54, 1.807) is 24.3 Å². The minimum atomic E-state index is -0.117. The van der Waals surface area contributed by atoms with Crippen LogP contribution in [0.5, 0.6) is 0 Å². The summed E-state index contributed by atoms with van der Waals surface area (Å²) in [6.45, 7) is 2.19. The Kier molecular flexibility index (Phi) is 3.77. The first-order valence-electron chi connectivity index (χ1n) is 7.24. The van der Waals surface area contributed by atoms with E-state index in [1.807, 2.05) is 18.2 Å². The van der Waals surface area contributed by atoms with Gasteiger partial charge in [0.15, 0.2) is 0 Å². The van der Waals surface area contributed by atoms with E-state index in [4.69, 9.17) is 5.73 Å². The molecule has 4 nitrogen and oxygen atoms in total. The van der Waals surface area contributed by atoms with Crippen molar-refractivity contribution in [3.05, 3.63) is 54.1 Å². The van der Waals surface area contributed by atoms with Crippen LogP contribution in [-0.2, 0) is 0 Å². The molecule has 0 unspecified atom stereocenters. The Morgan fingerprint density at radius 1 is 1.05 bits per heavy atom. The molecular formula is C17H19N3O. The molecule has 0 bridgehead atoms. The van der Waals surface area contributed by atoms with Crippen molar-refractivity contribution in [3.8, 4) is 0 Å². The molecule has 0 aromatic heterocycles. The zero-order valence-corrected chi connectivity index (χ0v) is 11.9. The van der Waals surface area contributed by atoms with E-state index in [9.17, 15) is 4.79 Å². The fourth-order valence-corrected chi connectivity index (χ4v) is 2.59. The first-order chi connectivity index (χ1) is 10.2. The van der Waals surface area contributed by atoms with Gasteiger partial charge in [0.2, 0.25) is 0 Å². The van der Waals surface area contributed by atoms with E-state index >= 15 is 0 Å². The summed E-state index contributed by atoms with van der Waals surface area (Å²) in [5, 5.41) is 2.94. The van der Waals surface area contributed by atoms with Gasteiger partial charge in [-0.2, -0.15) is 0 Å². The number of benzene rings is 2. The fraction of sp³-hybridized carbons (Fsp3) is 0.235. The van der Waals surface area contributed by atoms with Crippen LogP contribution < -0.4 is 16.0 Å². The molecule has 2 aromatic carbocycles. The Bertz CT molecular complexity index is 631. The van der Waals surface area contributed by atoms with Crippen molar-refractivity contribution in [2.45, 2.75) is 12.8 Å². The molecule has 1 aliphatic heterocycles. The molecular weight excluding hydrogens is 262 g/mol. The number of amides is 1. The first kappa shape index (κ1) is 13.5. The number of carbonyl (C=O) groups excluding carboxylic acids is 1. The standard InChI is InChI=1S/C17H19N3O/c18-14-8-6-13(7-9-14)17(21)19-15-4-3-5-16(12-15)20-10-1-2-11-20/h3-9,12H,1-2,10-11,18H2,(H,19,21). The van der Waals surface area contributed by atoms with Gasteiger partial charge in [0.25, 0.3) is 5.91 Å². The smallest absolute Gasteiger partial charge is 0.255 e. The van der Waals surface area contributed by atoms with Crippen LogP contribution in [0.2, 0.25) is 0 Å². The number of nitrogen functional groups attached to an aromatic ring is 1. The molecule has 4 heteroatoms. The van der Waals surface area contributed by atoms with E-state index in [2.05, 4.69) is 16.3 Å². The predicted molar refractivity (Wildman–Crippen MR) is 86.7 cm³/mol. The number of nitrogens with two attached hydrogens (primary N) is 1. The minimum absolute atomic E-state index is 0.117. The van der Waals surface area contributed by atoms with Gasteiger partial charge in [-0.3, -0.25) is 4.79 Å². The number of carbonyl (C=O) groups is 1. The summed E-state index contributed by atoms with van der Waals surface area (Å²) in [4.78, 5) is 14.5. The van der Waals surface area contributed by atoms with Gasteiger partial charge >= 0.3 is 0 Å². The summed E-state index contributed by atoms with van der Waals surface area (Å²) in [6, 6.07) is 14.9. The summed E-state index contributed by atoms with van der Waals surface area (Å²) in [5.74, 6) is -0.117. The maximum atomic E-state index is 12.2. The zero-order valence-electron chi connectivity index (χ0n) is 11.9. The quantitative estimate of drug-likeness (QED) is 0.850. The SMILES string of the molecule is Nc1ccc(C(=O)Nc2cccc(N3CCCC3)c2)cc1. The van der Waals surface area contributed by atoms with E-state index in [0.717, 1.165) is 18.8 Å². The summed E-state index contributed by atoms with van der Waals surface area (Å²) < 4.78 is 0. The van der Waals surface area contributed by atoms with Crippen LogP contribution in [0.4, 0.5) is 17.1 Å². The van der Waals surface area contributed by atoms with Crippen LogP contribution >= 0.6 is 0 Å². The van der Waals surface area contributed by atoms with Crippen LogP contribution in [0.15, 0.2) is 48.5 Å². The van der Waals surface area contributed by atoms with E-state index in [-0.39, 0.29) is 5.91 Å². The number of nitrogens with zero attached hydrogens (tertiary/aromatic N) is 1. The van der Waals surface area contributed by atoms with Crippen LogP contribution in [0.25, 0.3) is 0 Å². The first-order valence-corrected chi connectivity index (χ1v) is 7.24. The molecule has 1 amide bonds. The third-order valence-corrected chi connectivity index (χ3v) is 3.75. The van der Waals surface area contributed by atoms with Gasteiger partial charge in [0.05, 0.1) is 0 Å². The molecule has 108 valence electrons. The van der Waals surface area contributed by atoms with E-state index in [0.29, 0.717) is 11.3 Å². The summed E-state index contributed by atoms with van der Waals surface area (Å²) >= 11 is 0. The van der Waals surface area contributed by atoms with Crippen molar-refractivity contribution in [2.24, 2.45) is 0 Å². The average molecular weight is 281 g/mol. The molecule has 2 aromatic rings. The maximum absolute atomic E-state index is 12.2. The number of hydrogen-bond acceptors (Lipinski definition) is 3. The molecule has 0 spiro atoms. The van der Waals surface area contributed by atoms with E-state index < -0.39 is 0 Å². The number of anilines is 3. The van der Waals surface area contributed by atoms with Gasteiger partial charge in [-0.1, -0.05) is 6.07 Å². The Balaban J connectivity index is 1.73. The second-order valence-corrected chi connectivity index (χ2v) is 5.32. The molecule has 3 rings (SSSR count). The number of nitrogens with one attached hydrogen (secondary N) is 1. The van der Waals surface area contributed by atoms with Crippen molar-refractivity contribution in [1.29, 1.82) is 0 Å².